The topological polar surface area (TPSA) is 215 Å². The molecule has 154 valence electrons. The van der Waals surface area contributed by atoms with Gasteiger partial charge in [0.05, 0.1) is 6.54 Å². The first kappa shape index (κ1) is 24.5. The van der Waals surface area contributed by atoms with E-state index in [-0.39, 0.29) is 31.2 Å². The molecule has 10 N–H and O–H groups in total. The van der Waals surface area contributed by atoms with Crippen LogP contribution < -0.4 is 33.2 Å². The average Bonchev–Trinajstić information content (AvgIpc) is 2.60. The Balaban J connectivity index is 5.05. The van der Waals surface area contributed by atoms with Gasteiger partial charge in [-0.3, -0.25) is 24.2 Å². The van der Waals surface area contributed by atoms with E-state index in [9.17, 15) is 19.2 Å². The van der Waals surface area contributed by atoms with E-state index in [0.29, 0.717) is 6.42 Å². The van der Waals surface area contributed by atoms with Gasteiger partial charge in [0.1, 0.15) is 18.1 Å². The average molecular weight is 405 g/mol. The number of aliphatic imine (C=N–C) groups is 1. The second kappa shape index (κ2) is 12.8. The first-order valence-corrected chi connectivity index (χ1v) is 8.74. The summed E-state index contributed by atoms with van der Waals surface area (Å²) in [7, 11) is 0. The van der Waals surface area contributed by atoms with Crippen molar-refractivity contribution in [2.75, 3.05) is 18.8 Å². The molecule has 13 heteroatoms. The van der Waals surface area contributed by atoms with Crippen molar-refractivity contribution < 1.29 is 24.3 Å². The molecule has 0 aliphatic carbocycles. The lowest BCUT2D eigenvalue weighted by Crippen LogP contribution is -2.56. The first-order valence-electron chi connectivity index (χ1n) is 8.11. The maximum Gasteiger partial charge on any atom is 0.325 e. The van der Waals surface area contributed by atoms with Crippen LogP contribution in [0.25, 0.3) is 0 Å². The van der Waals surface area contributed by atoms with Crippen LogP contribution in [0.15, 0.2) is 4.99 Å². The quantitative estimate of drug-likeness (QED) is 0.0703. The molecule has 0 aromatic carbocycles. The molecular weight excluding hydrogens is 378 g/mol. The first-order chi connectivity index (χ1) is 12.6. The van der Waals surface area contributed by atoms with E-state index in [0.717, 1.165) is 0 Å². The van der Waals surface area contributed by atoms with Crippen LogP contribution in [0.4, 0.5) is 0 Å². The summed E-state index contributed by atoms with van der Waals surface area (Å²) in [6.45, 7) is 1.20. The number of nitrogens with one attached hydrogen (secondary N) is 3. The molecule has 27 heavy (non-hydrogen) atoms. The molecular formula is C14H27N7O5S. The summed E-state index contributed by atoms with van der Waals surface area (Å²) in [5, 5.41) is 16.0. The van der Waals surface area contributed by atoms with E-state index in [1.807, 2.05) is 0 Å². The Morgan fingerprint density at radius 3 is 2.15 bits per heavy atom. The lowest BCUT2D eigenvalue weighted by molar-refractivity contribution is -0.141. The van der Waals surface area contributed by atoms with Gasteiger partial charge in [-0.2, -0.15) is 12.6 Å². The highest BCUT2D eigenvalue weighted by atomic mass is 32.1. The lowest BCUT2D eigenvalue weighted by atomic mass is 10.1. The van der Waals surface area contributed by atoms with Gasteiger partial charge < -0.3 is 38.3 Å². The number of hydrogen-bond acceptors (Lipinski definition) is 7. The van der Waals surface area contributed by atoms with E-state index in [2.05, 4.69) is 33.6 Å². The molecule has 0 aliphatic heterocycles. The number of nitrogens with two attached hydrogens (primary N) is 3. The van der Waals surface area contributed by atoms with Gasteiger partial charge >= 0.3 is 5.97 Å². The van der Waals surface area contributed by atoms with Crippen LogP contribution in [0.1, 0.15) is 19.8 Å². The van der Waals surface area contributed by atoms with Gasteiger partial charge in [0.15, 0.2) is 5.96 Å². The van der Waals surface area contributed by atoms with E-state index in [4.69, 9.17) is 22.3 Å². The van der Waals surface area contributed by atoms with Gasteiger partial charge in [-0.1, -0.05) is 0 Å². The Bertz CT molecular complexity index is 568. The van der Waals surface area contributed by atoms with Gasteiger partial charge in [0.2, 0.25) is 17.7 Å². The summed E-state index contributed by atoms with van der Waals surface area (Å²) in [6, 6.07) is -3.20. The predicted octanol–water partition coefficient (Wildman–Crippen LogP) is -3.51. The second-order valence-electron chi connectivity index (χ2n) is 5.59. The molecule has 0 radical (unpaired) electrons. The number of thiol groups is 1. The number of guanidine groups is 1. The summed E-state index contributed by atoms with van der Waals surface area (Å²) in [5.74, 6) is -3.26. The molecule has 0 aromatic rings. The van der Waals surface area contributed by atoms with Crippen molar-refractivity contribution in [3.8, 4) is 0 Å². The van der Waals surface area contributed by atoms with Crippen LogP contribution in [-0.4, -0.2) is 71.7 Å². The van der Waals surface area contributed by atoms with Gasteiger partial charge in [-0.15, -0.1) is 0 Å². The number of amides is 3. The Kier molecular flexibility index (Phi) is 11.6. The van der Waals surface area contributed by atoms with Gasteiger partial charge in [-0.25, -0.2) is 0 Å². The Hall–Kier alpha value is -2.54. The van der Waals surface area contributed by atoms with E-state index < -0.39 is 41.8 Å². The van der Waals surface area contributed by atoms with Gasteiger partial charge in [-0.05, 0) is 19.8 Å². The Morgan fingerprint density at radius 2 is 1.67 bits per heavy atom. The Morgan fingerprint density at radius 1 is 1.07 bits per heavy atom. The SMILES string of the molecule is CC(NC(=O)C(CCCN=C(N)N)NC(=O)C(CS)NC(=O)CN)C(=O)O. The number of carboxylic acids is 1. The van der Waals surface area contributed by atoms with Crippen molar-refractivity contribution in [3.63, 3.8) is 0 Å². The van der Waals surface area contributed by atoms with E-state index >= 15 is 0 Å². The van der Waals surface area contributed by atoms with Crippen LogP contribution in [0, 0.1) is 0 Å². The van der Waals surface area contributed by atoms with Crippen molar-refractivity contribution in [1.82, 2.24) is 16.0 Å². The molecule has 0 aromatic heterocycles. The fourth-order valence-electron chi connectivity index (χ4n) is 1.87. The number of hydrogen-bond donors (Lipinski definition) is 8. The van der Waals surface area contributed by atoms with Gasteiger partial charge in [0, 0.05) is 12.3 Å². The fourth-order valence-corrected chi connectivity index (χ4v) is 2.12. The maximum atomic E-state index is 12.3. The maximum absolute atomic E-state index is 12.3. The van der Waals surface area contributed by atoms with Crippen molar-refractivity contribution >= 4 is 42.3 Å². The minimum Gasteiger partial charge on any atom is -0.480 e. The number of carbonyl (C=O) groups excluding carboxylic acids is 3. The van der Waals surface area contributed by atoms with E-state index in [1.54, 1.807) is 0 Å². The molecule has 0 aliphatic rings. The highest BCUT2D eigenvalue weighted by Gasteiger charge is 2.27. The zero-order chi connectivity index (χ0) is 21.0. The molecule has 3 amide bonds. The normalized spacial score (nSPS) is 13.6. The van der Waals surface area contributed by atoms with Crippen molar-refractivity contribution in [2.24, 2.45) is 22.2 Å². The summed E-state index contributed by atoms with van der Waals surface area (Å²) in [6.07, 6.45) is 0.489. The van der Waals surface area contributed by atoms with E-state index in [1.165, 1.54) is 6.92 Å². The summed E-state index contributed by atoms with van der Waals surface area (Å²) in [5.41, 5.74) is 15.6. The Labute approximate surface area is 162 Å². The van der Waals surface area contributed by atoms with Crippen LogP contribution in [0.5, 0.6) is 0 Å². The minimum absolute atomic E-state index is 0.0224. The third kappa shape index (κ3) is 10.3. The number of carboxylic acid groups (broad SMARTS) is 1. The largest absolute Gasteiger partial charge is 0.480 e. The molecule has 0 saturated heterocycles. The molecule has 0 rings (SSSR count). The molecule has 0 heterocycles. The van der Waals surface area contributed by atoms with Crippen LogP contribution in [0.2, 0.25) is 0 Å². The highest BCUT2D eigenvalue weighted by Crippen LogP contribution is 2.01. The number of aliphatic carboxylic acids is 1. The molecule has 0 bridgehead atoms. The third-order valence-corrected chi connectivity index (χ3v) is 3.69. The highest BCUT2D eigenvalue weighted by molar-refractivity contribution is 7.80. The van der Waals surface area contributed by atoms with Crippen LogP contribution >= 0.6 is 12.6 Å². The van der Waals surface area contributed by atoms with Crippen LogP contribution in [-0.2, 0) is 19.2 Å². The zero-order valence-electron chi connectivity index (χ0n) is 15.0. The van der Waals surface area contributed by atoms with Crippen molar-refractivity contribution in [1.29, 1.82) is 0 Å². The van der Waals surface area contributed by atoms with Crippen LogP contribution in [0.3, 0.4) is 0 Å². The lowest BCUT2D eigenvalue weighted by Gasteiger charge is -2.23. The molecule has 3 atom stereocenters. The number of nitrogens with zero attached hydrogens (tertiary/aromatic N) is 1. The molecule has 3 unspecified atom stereocenters. The smallest absolute Gasteiger partial charge is 0.325 e. The fraction of sp³-hybridized carbons (Fsp3) is 0.643. The second-order valence-corrected chi connectivity index (χ2v) is 5.95. The molecule has 0 spiro atoms. The third-order valence-electron chi connectivity index (χ3n) is 3.33. The molecule has 12 nitrogen and oxygen atoms in total. The standard InChI is InChI=1S/C14H27N7O5S/c1-7(13(25)26)19-11(23)8(3-2-4-18-14(16)17)21-12(24)9(6-27)20-10(22)5-15/h7-9,27H,2-6,15H2,1H3,(H,19,23)(H,20,22)(H,21,24)(H,25,26)(H4,16,17,18). The predicted molar refractivity (Wildman–Crippen MR) is 102 cm³/mol. The summed E-state index contributed by atoms with van der Waals surface area (Å²) < 4.78 is 0. The van der Waals surface area contributed by atoms with Crippen molar-refractivity contribution in [3.05, 3.63) is 0 Å². The number of carbonyl (C=O) groups is 4. The monoisotopic (exact) mass is 405 g/mol. The number of rotatable bonds is 12. The zero-order valence-corrected chi connectivity index (χ0v) is 15.9. The summed E-state index contributed by atoms with van der Waals surface area (Å²) >= 11 is 3.99. The molecule has 0 saturated carbocycles. The molecule has 0 fully saturated rings. The summed E-state index contributed by atoms with van der Waals surface area (Å²) in [4.78, 5) is 50.7. The van der Waals surface area contributed by atoms with Crippen molar-refractivity contribution in [2.45, 2.75) is 37.9 Å². The minimum atomic E-state index is -1.22. The van der Waals surface area contributed by atoms with Gasteiger partial charge in [0.25, 0.3) is 0 Å².